The van der Waals surface area contributed by atoms with Crippen molar-refractivity contribution in [2.24, 2.45) is 0 Å². The van der Waals surface area contributed by atoms with E-state index >= 15 is 0 Å². The highest BCUT2D eigenvalue weighted by atomic mass is 16.5. The maximum atomic E-state index is 13.0. The third kappa shape index (κ3) is 3.85. The van der Waals surface area contributed by atoms with Crippen molar-refractivity contribution >= 4 is 17.2 Å². The highest BCUT2D eigenvalue weighted by Crippen LogP contribution is 2.30. The van der Waals surface area contributed by atoms with Crippen LogP contribution < -0.4 is 14.8 Å². The Morgan fingerprint density at radius 2 is 1.75 bits per heavy atom. The molecule has 0 spiro atoms. The first-order chi connectivity index (χ1) is 15.6. The number of nitrogens with one attached hydrogen (secondary N) is 1. The molecule has 32 heavy (non-hydrogen) atoms. The van der Waals surface area contributed by atoms with Gasteiger partial charge in [-0.3, -0.25) is 4.79 Å². The van der Waals surface area contributed by atoms with Gasteiger partial charge in [0.05, 0.1) is 43.5 Å². The molecule has 0 bridgehead atoms. The fraction of sp³-hybridized carbons (Fsp3) is 0.217. The molecule has 0 saturated heterocycles. The average Bonchev–Trinajstić information content (AvgIpc) is 3.19. The molecule has 0 fully saturated rings. The lowest BCUT2D eigenvalue weighted by Gasteiger charge is -2.10. The number of carbonyl (C=O) groups is 1. The van der Waals surface area contributed by atoms with Gasteiger partial charge in [0.25, 0.3) is 5.91 Å². The van der Waals surface area contributed by atoms with Crippen LogP contribution in [0, 0.1) is 6.92 Å². The minimum Gasteiger partial charge on any atom is -0.497 e. The van der Waals surface area contributed by atoms with Crippen LogP contribution in [-0.2, 0) is 11.3 Å². The Kier molecular flexibility index (Phi) is 6.00. The van der Waals surface area contributed by atoms with Crippen molar-refractivity contribution < 1.29 is 19.0 Å². The predicted octanol–water partition coefficient (Wildman–Crippen LogP) is 3.52. The Bertz CT molecular complexity index is 1270. The van der Waals surface area contributed by atoms with Gasteiger partial charge in [0.2, 0.25) is 0 Å². The number of rotatable bonds is 7. The second-order valence-electron chi connectivity index (χ2n) is 7.01. The molecule has 4 aromatic rings. The third-order valence-electron chi connectivity index (χ3n) is 5.07. The van der Waals surface area contributed by atoms with E-state index in [1.807, 2.05) is 36.4 Å². The van der Waals surface area contributed by atoms with Crippen molar-refractivity contribution in [2.45, 2.75) is 13.5 Å². The normalized spacial score (nSPS) is 10.9. The molecule has 0 radical (unpaired) electrons. The fourth-order valence-electron chi connectivity index (χ4n) is 3.48. The zero-order valence-electron chi connectivity index (χ0n) is 18.2. The number of aromatic nitrogens is 4. The van der Waals surface area contributed by atoms with Crippen molar-refractivity contribution in [3.63, 3.8) is 0 Å². The largest absolute Gasteiger partial charge is 0.497 e. The van der Waals surface area contributed by atoms with Gasteiger partial charge in [-0.2, -0.15) is 5.10 Å². The highest BCUT2D eigenvalue weighted by molar-refractivity contribution is 6.04. The van der Waals surface area contributed by atoms with Crippen LogP contribution in [0.15, 0.2) is 48.5 Å². The van der Waals surface area contributed by atoms with Gasteiger partial charge in [0.1, 0.15) is 11.5 Å². The summed E-state index contributed by atoms with van der Waals surface area (Å²) in [6, 6.07) is 14.7. The second kappa shape index (κ2) is 9.03. The van der Waals surface area contributed by atoms with E-state index in [-0.39, 0.29) is 12.3 Å². The summed E-state index contributed by atoms with van der Waals surface area (Å²) in [6.07, 6.45) is 0. The van der Waals surface area contributed by atoms with E-state index in [9.17, 15) is 4.79 Å². The van der Waals surface area contributed by atoms with Crippen LogP contribution in [0.2, 0.25) is 0 Å². The average molecular weight is 433 g/mol. The van der Waals surface area contributed by atoms with Crippen LogP contribution in [0.5, 0.6) is 11.5 Å². The van der Waals surface area contributed by atoms with Crippen molar-refractivity contribution in [3.05, 3.63) is 65.6 Å². The lowest BCUT2D eigenvalue weighted by molar-refractivity contribution is 0.101. The number of methoxy groups -OCH3 is 3. The van der Waals surface area contributed by atoms with Gasteiger partial charge in [-0.25, -0.2) is 4.52 Å². The van der Waals surface area contributed by atoms with Crippen molar-refractivity contribution in [2.75, 3.05) is 26.6 Å². The second-order valence-corrected chi connectivity index (χ2v) is 7.01. The molecule has 1 N–H and O–H groups in total. The van der Waals surface area contributed by atoms with Crippen LogP contribution in [0.3, 0.4) is 0 Å². The Labute approximate surface area is 185 Å². The standard InChI is InChI=1S/C23H23N5O4/c1-14-21(23(29)24-17-7-5-6-8-19(17)32-4)25-26-22-20(18(13-30-2)27-28(14)22)15-9-11-16(31-3)12-10-15/h5-12H,13H2,1-4H3,(H,24,29). The van der Waals surface area contributed by atoms with Gasteiger partial charge in [-0.05, 0) is 36.8 Å². The van der Waals surface area contributed by atoms with Crippen LogP contribution >= 0.6 is 0 Å². The molecule has 0 unspecified atom stereocenters. The van der Waals surface area contributed by atoms with Crippen LogP contribution in [-0.4, -0.2) is 47.0 Å². The summed E-state index contributed by atoms with van der Waals surface area (Å²) >= 11 is 0. The molecular formula is C23H23N5O4. The van der Waals surface area contributed by atoms with E-state index < -0.39 is 5.91 Å². The number of fused-ring (bicyclic) bond motifs is 1. The lowest BCUT2D eigenvalue weighted by atomic mass is 10.1. The summed E-state index contributed by atoms with van der Waals surface area (Å²) in [7, 11) is 4.77. The fourth-order valence-corrected chi connectivity index (χ4v) is 3.48. The number of benzene rings is 2. The molecule has 9 nitrogen and oxygen atoms in total. The topological polar surface area (TPSA) is 99.9 Å². The molecule has 2 heterocycles. The summed E-state index contributed by atoms with van der Waals surface area (Å²) in [5.41, 5.74) is 4.18. The van der Waals surface area contributed by atoms with Crippen LogP contribution in [0.1, 0.15) is 21.9 Å². The van der Waals surface area contributed by atoms with E-state index in [2.05, 4.69) is 20.6 Å². The zero-order valence-corrected chi connectivity index (χ0v) is 18.2. The molecule has 2 aromatic heterocycles. The van der Waals surface area contributed by atoms with E-state index in [4.69, 9.17) is 14.2 Å². The molecule has 1 amide bonds. The number of hydrogen-bond acceptors (Lipinski definition) is 7. The number of amides is 1. The van der Waals surface area contributed by atoms with Crippen molar-refractivity contribution in [3.8, 4) is 22.6 Å². The van der Waals surface area contributed by atoms with Gasteiger partial charge in [0, 0.05) is 7.11 Å². The number of hydrogen-bond donors (Lipinski definition) is 1. The number of anilines is 1. The maximum Gasteiger partial charge on any atom is 0.278 e. The molecule has 9 heteroatoms. The summed E-state index contributed by atoms with van der Waals surface area (Å²) in [6.45, 7) is 2.06. The Hall–Kier alpha value is -3.98. The third-order valence-corrected chi connectivity index (χ3v) is 5.07. The maximum absolute atomic E-state index is 13.0. The lowest BCUT2D eigenvalue weighted by Crippen LogP contribution is -2.19. The number of para-hydroxylation sites is 2. The molecule has 0 aliphatic heterocycles. The van der Waals surface area contributed by atoms with E-state index in [0.717, 1.165) is 16.9 Å². The first-order valence-electron chi connectivity index (χ1n) is 9.90. The molecule has 0 aliphatic carbocycles. The summed E-state index contributed by atoms with van der Waals surface area (Å²) in [4.78, 5) is 13.0. The van der Waals surface area contributed by atoms with Crippen molar-refractivity contribution in [1.29, 1.82) is 0 Å². The van der Waals surface area contributed by atoms with Crippen molar-refractivity contribution in [1.82, 2.24) is 19.8 Å². The number of ether oxygens (including phenoxy) is 3. The molecule has 0 aliphatic rings. The first kappa shape index (κ1) is 21.3. The summed E-state index contributed by atoms with van der Waals surface area (Å²) in [5.74, 6) is 0.892. The molecule has 4 rings (SSSR count). The van der Waals surface area contributed by atoms with Gasteiger partial charge in [0.15, 0.2) is 11.3 Å². The van der Waals surface area contributed by atoms with Gasteiger partial charge >= 0.3 is 0 Å². The number of carbonyl (C=O) groups excluding carboxylic acids is 1. The zero-order chi connectivity index (χ0) is 22.7. The van der Waals surface area contributed by atoms with E-state index in [1.165, 1.54) is 0 Å². The van der Waals surface area contributed by atoms with Gasteiger partial charge in [-0.15, -0.1) is 10.2 Å². The summed E-state index contributed by atoms with van der Waals surface area (Å²) < 4.78 is 17.5. The Balaban J connectivity index is 1.77. The van der Waals surface area contributed by atoms with Gasteiger partial charge in [-0.1, -0.05) is 24.3 Å². The molecule has 0 saturated carbocycles. The van der Waals surface area contributed by atoms with Crippen LogP contribution in [0.25, 0.3) is 16.8 Å². The predicted molar refractivity (Wildman–Crippen MR) is 119 cm³/mol. The Morgan fingerprint density at radius 1 is 1.00 bits per heavy atom. The molecular weight excluding hydrogens is 410 g/mol. The quantitative estimate of drug-likeness (QED) is 0.476. The highest BCUT2D eigenvalue weighted by Gasteiger charge is 2.22. The number of nitrogens with zero attached hydrogens (tertiary/aromatic N) is 4. The minimum absolute atomic E-state index is 0.163. The smallest absolute Gasteiger partial charge is 0.278 e. The number of aryl methyl sites for hydroxylation is 1. The minimum atomic E-state index is -0.406. The Morgan fingerprint density at radius 3 is 2.44 bits per heavy atom. The summed E-state index contributed by atoms with van der Waals surface area (Å²) in [5, 5.41) is 16.0. The molecule has 164 valence electrons. The monoisotopic (exact) mass is 433 g/mol. The van der Waals surface area contributed by atoms with E-state index in [0.29, 0.717) is 28.5 Å². The molecule has 0 atom stereocenters. The van der Waals surface area contributed by atoms with Crippen LogP contribution in [0.4, 0.5) is 5.69 Å². The van der Waals surface area contributed by atoms with Gasteiger partial charge < -0.3 is 19.5 Å². The van der Waals surface area contributed by atoms with E-state index in [1.54, 1.807) is 44.9 Å². The SMILES string of the molecule is COCc1nn2c(C)c(C(=O)Nc3ccccc3OC)nnc2c1-c1ccc(OC)cc1. The first-order valence-corrected chi connectivity index (χ1v) is 9.90. The molecule has 2 aromatic carbocycles.